The Balaban J connectivity index is 2.23. The second-order valence-electron chi connectivity index (χ2n) is 5.37. The molecule has 1 heterocycles. The number of rotatable bonds is 4. The number of hydrogen-bond donors (Lipinski definition) is 1. The lowest BCUT2D eigenvalue weighted by atomic mass is 10.0. The number of benzene rings is 1. The number of carboxylic acid groups (broad SMARTS) is 1. The second kappa shape index (κ2) is 4.78. The van der Waals surface area contributed by atoms with E-state index in [1.165, 1.54) is 11.8 Å². The highest BCUT2D eigenvalue weighted by Crippen LogP contribution is 2.43. The minimum Gasteiger partial charge on any atom is -0.478 e. The van der Waals surface area contributed by atoms with Crippen LogP contribution >= 0.6 is 0 Å². The highest BCUT2D eigenvalue weighted by atomic mass is 16.4. The average Bonchev–Trinajstić information content (AvgIpc) is 3.17. The van der Waals surface area contributed by atoms with Crippen molar-refractivity contribution in [2.75, 3.05) is 0 Å². The van der Waals surface area contributed by atoms with Crippen molar-refractivity contribution in [2.24, 2.45) is 0 Å². The van der Waals surface area contributed by atoms with Crippen molar-refractivity contribution in [3.8, 4) is 5.69 Å². The number of para-hydroxylation sites is 1. The summed E-state index contributed by atoms with van der Waals surface area (Å²) in [5.41, 5.74) is 4.59. The van der Waals surface area contributed by atoms with Gasteiger partial charge in [-0.2, -0.15) is 5.10 Å². The fraction of sp³-hybridized carbons (Fsp3) is 0.375. The zero-order valence-electron chi connectivity index (χ0n) is 11.8. The molecule has 0 spiro atoms. The smallest absolute Gasteiger partial charge is 0.339 e. The Kier molecular flexibility index (Phi) is 3.08. The molecule has 2 aromatic rings. The number of carbonyl (C=O) groups is 1. The SMILES string of the molecule is CCc1cccc(C)c1-n1ncc(C(=O)O)c1C1CC1. The van der Waals surface area contributed by atoms with Gasteiger partial charge in [0, 0.05) is 5.92 Å². The molecule has 1 aliphatic rings. The number of carboxylic acids is 1. The van der Waals surface area contributed by atoms with E-state index < -0.39 is 5.97 Å². The van der Waals surface area contributed by atoms with Crippen molar-refractivity contribution < 1.29 is 9.90 Å². The van der Waals surface area contributed by atoms with E-state index in [2.05, 4.69) is 18.1 Å². The third-order valence-corrected chi connectivity index (χ3v) is 3.91. The highest BCUT2D eigenvalue weighted by molar-refractivity contribution is 5.89. The van der Waals surface area contributed by atoms with Crippen molar-refractivity contribution in [1.82, 2.24) is 9.78 Å². The molecule has 104 valence electrons. The molecule has 0 amide bonds. The van der Waals surface area contributed by atoms with Crippen LogP contribution in [-0.2, 0) is 6.42 Å². The lowest BCUT2D eigenvalue weighted by Crippen LogP contribution is -2.09. The van der Waals surface area contributed by atoms with Gasteiger partial charge in [0.15, 0.2) is 0 Å². The summed E-state index contributed by atoms with van der Waals surface area (Å²) < 4.78 is 1.86. The molecule has 0 atom stereocenters. The molecule has 3 rings (SSSR count). The maximum Gasteiger partial charge on any atom is 0.339 e. The van der Waals surface area contributed by atoms with Crippen LogP contribution in [0.25, 0.3) is 5.69 Å². The van der Waals surface area contributed by atoms with Crippen LogP contribution in [0.15, 0.2) is 24.4 Å². The minimum absolute atomic E-state index is 0.341. The first-order valence-corrected chi connectivity index (χ1v) is 7.03. The minimum atomic E-state index is -0.884. The molecule has 1 aliphatic carbocycles. The summed E-state index contributed by atoms with van der Waals surface area (Å²) in [6.07, 6.45) is 4.50. The van der Waals surface area contributed by atoms with Crippen LogP contribution in [-0.4, -0.2) is 20.9 Å². The summed E-state index contributed by atoms with van der Waals surface area (Å²) in [6.45, 7) is 4.16. The Bertz CT molecular complexity index is 669. The molecule has 1 aromatic heterocycles. The van der Waals surface area contributed by atoms with E-state index in [-0.39, 0.29) is 0 Å². The van der Waals surface area contributed by atoms with Crippen LogP contribution in [0.5, 0.6) is 0 Å². The molecule has 0 saturated heterocycles. The molecule has 1 fully saturated rings. The topological polar surface area (TPSA) is 55.1 Å². The number of aryl methyl sites for hydroxylation is 2. The largest absolute Gasteiger partial charge is 0.478 e. The van der Waals surface area contributed by atoms with Crippen molar-refractivity contribution in [1.29, 1.82) is 0 Å². The van der Waals surface area contributed by atoms with Gasteiger partial charge in [-0.1, -0.05) is 25.1 Å². The third kappa shape index (κ3) is 2.01. The van der Waals surface area contributed by atoms with E-state index in [0.717, 1.165) is 36.2 Å². The third-order valence-electron chi connectivity index (χ3n) is 3.91. The molecule has 0 bridgehead atoms. The van der Waals surface area contributed by atoms with Crippen LogP contribution in [0.1, 0.15) is 52.9 Å². The van der Waals surface area contributed by atoms with Crippen molar-refractivity contribution in [3.63, 3.8) is 0 Å². The van der Waals surface area contributed by atoms with Gasteiger partial charge in [-0.05, 0) is 37.3 Å². The van der Waals surface area contributed by atoms with Crippen LogP contribution in [0.2, 0.25) is 0 Å². The average molecular weight is 270 g/mol. The maximum atomic E-state index is 11.4. The molecule has 4 heteroatoms. The zero-order valence-corrected chi connectivity index (χ0v) is 11.8. The van der Waals surface area contributed by atoms with Gasteiger partial charge in [-0.3, -0.25) is 0 Å². The Morgan fingerprint density at radius 1 is 1.45 bits per heavy atom. The standard InChI is InChI=1S/C16H18N2O2/c1-3-11-6-4-5-10(2)14(11)18-15(12-7-8-12)13(9-17-18)16(19)20/h4-6,9,12H,3,7-8H2,1-2H3,(H,19,20). The zero-order chi connectivity index (χ0) is 14.3. The van der Waals surface area contributed by atoms with E-state index in [1.807, 2.05) is 23.7 Å². The van der Waals surface area contributed by atoms with E-state index in [4.69, 9.17) is 0 Å². The molecule has 1 N–H and O–H groups in total. The van der Waals surface area contributed by atoms with E-state index in [0.29, 0.717) is 11.5 Å². The van der Waals surface area contributed by atoms with Gasteiger partial charge in [0.1, 0.15) is 5.56 Å². The quantitative estimate of drug-likeness (QED) is 0.927. The molecule has 0 aliphatic heterocycles. The lowest BCUT2D eigenvalue weighted by Gasteiger charge is -2.14. The summed E-state index contributed by atoms with van der Waals surface area (Å²) in [4.78, 5) is 11.4. The molecule has 4 nitrogen and oxygen atoms in total. The van der Waals surface area contributed by atoms with Crippen molar-refractivity contribution in [2.45, 2.75) is 39.0 Å². The van der Waals surface area contributed by atoms with E-state index in [9.17, 15) is 9.90 Å². The Morgan fingerprint density at radius 2 is 2.20 bits per heavy atom. The Morgan fingerprint density at radius 3 is 2.80 bits per heavy atom. The van der Waals surface area contributed by atoms with Crippen LogP contribution in [0, 0.1) is 6.92 Å². The molecule has 1 saturated carbocycles. The number of hydrogen-bond acceptors (Lipinski definition) is 2. The predicted molar refractivity (Wildman–Crippen MR) is 76.6 cm³/mol. The monoisotopic (exact) mass is 270 g/mol. The second-order valence-corrected chi connectivity index (χ2v) is 5.37. The van der Waals surface area contributed by atoms with Crippen molar-refractivity contribution in [3.05, 3.63) is 46.8 Å². The molecule has 1 aromatic carbocycles. The lowest BCUT2D eigenvalue weighted by molar-refractivity contribution is 0.0695. The molecule has 20 heavy (non-hydrogen) atoms. The predicted octanol–water partition coefficient (Wildman–Crippen LogP) is 3.32. The van der Waals surface area contributed by atoms with Gasteiger partial charge in [-0.25, -0.2) is 9.48 Å². The number of nitrogens with zero attached hydrogens (tertiary/aromatic N) is 2. The van der Waals surface area contributed by atoms with Gasteiger partial charge in [0.05, 0.1) is 17.6 Å². The number of aromatic carboxylic acids is 1. The van der Waals surface area contributed by atoms with E-state index in [1.54, 1.807) is 0 Å². The van der Waals surface area contributed by atoms with Gasteiger partial charge in [0.25, 0.3) is 0 Å². The Labute approximate surface area is 118 Å². The summed E-state index contributed by atoms with van der Waals surface area (Å²) >= 11 is 0. The fourth-order valence-electron chi connectivity index (χ4n) is 2.76. The van der Waals surface area contributed by atoms with Crippen LogP contribution < -0.4 is 0 Å². The summed E-state index contributed by atoms with van der Waals surface area (Å²) in [6, 6.07) is 6.17. The highest BCUT2D eigenvalue weighted by Gasteiger charge is 2.33. The maximum absolute atomic E-state index is 11.4. The normalized spacial score (nSPS) is 14.5. The van der Waals surface area contributed by atoms with Gasteiger partial charge in [-0.15, -0.1) is 0 Å². The first kappa shape index (κ1) is 12.9. The fourth-order valence-corrected chi connectivity index (χ4v) is 2.76. The Hall–Kier alpha value is -2.10. The van der Waals surface area contributed by atoms with Crippen molar-refractivity contribution >= 4 is 5.97 Å². The summed E-state index contributed by atoms with van der Waals surface area (Å²) in [5.74, 6) is -0.544. The van der Waals surface area contributed by atoms with Crippen LogP contribution in [0.3, 0.4) is 0 Å². The van der Waals surface area contributed by atoms with Gasteiger partial charge in [0.2, 0.25) is 0 Å². The number of aromatic nitrogens is 2. The van der Waals surface area contributed by atoms with Gasteiger partial charge < -0.3 is 5.11 Å². The molecular weight excluding hydrogens is 252 g/mol. The first-order chi connectivity index (χ1) is 9.63. The summed E-state index contributed by atoms with van der Waals surface area (Å²) in [7, 11) is 0. The molecule has 0 unspecified atom stereocenters. The van der Waals surface area contributed by atoms with Gasteiger partial charge >= 0.3 is 5.97 Å². The molecule has 0 radical (unpaired) electrons. The first-order valence-electron chi connectivity index (χ1n) is 7.03. The molecular formula is C16H18N2O2. The van der Waals surface area contributed by atoms with Crippen LogP contribution in [0.4, 0.5) is 0 Å². The summed E-state index contributed by atoms with van der Waals surface area (Å²) in [5, 5.41) is 13.7. The van der Waals surface area contributed by atoms with E-state index >= 15 is 0 Å².